The number of likely N-dealkylation sites (tertiary alicyclic amines) is 1. The van der Waals surface area contributed by atoms with Crippen LogP contribution in [0.2, 0.25) is 0 Å². The van der Waals surface area contributed by atoms with Crippen molar-refractivity contribution in [2.24, 2.45) is 11.7 Å². The third kappa shape index (κ3) is 4.73. The minimum atomic E-state index is -4.82. The molecule has 3 N–H and O–H groups in total. The molecule has 0 radical (unpaired) electrons. The first-order chi connectivity index (χ1) is 11.7. The standard InChI is InChI=1S/C15H19F2N3O4S/c16-15(17)25(23,24)12-4-2-1-3-11(12)19-13(21)9-20-7-5-10(6-8-20)14(18)22/h1-4,10,15H,5-9H2,(H2,18,22)(H,19,21). The highest BCUT2D eigenvalue weighted by Gasteiger charge is 2.30. The highest BCUT2D eigenvalue weighted by Crippen LogP contribution is 2.26. The number of sulfone groups is 1. The van der Waals surface area contributed by atoms with Crippen molar-refractivity contribution in [3.63, 3.8) is 0 Å². The Morgan fingerprint density at radius 1 is 1.24 bits per heavy atom. The van der Waals surface area contributed by atoms with Crippen molar-refractivity contribution >= 4 is 27.3 Å². The number of hydrogen-bond acceptors (Lipinski definition) is 5. The van der Waals surface area contributed by atoms with Gasteiger partial charge >= 0.3 is 5.76 Å². The van der Waals surface area contributed by atoms with E-state index in [4.69, 9.17) is 5.73 Å². The van der Waals surface area contributed by atoms with Crippen LogP contribution in [0.5, 0.6) is 0 Å². The number of alkyl halides is 2. The molecule has 0 saturated carbocycles. The van der Waals surface area contributed by atoms with Crippen LogP contribution in [-0.4, -0.2) is 50.5 Å². The third-order valence-corrected chi connectivity index (χ3v) is 5.50. The summed E-state index contributed by atoms with van der Waals surface area (Å²) < 4.78 is 48.8. The molecule has 2 rings (SSSR count). The first kappa shape index (κ1) is 19.3. The van der Waals surface area contributed by atoms with Crippen molar-refractivity contribution in [1.82, 2.24) is 4.90 Å². The lowest BCUT2D eigenvalue weighted by Crippen LogP contribution is -2.42. The van der Waals surface area contributed by atoms with Crippen LogP contribution in [0.1, 0.15) is 12.8 Å². The highest BCUT2D eigenvalue weighted by atomic mass is 32.2. The van der Waals surface area contributed by atoms with Crippen molar-refractivity contribution in [3.05, 3.63) is 24.3 Å². The zero-order valence-electron chi connectivity index (χ0n) is 13.3. The van der Waals surface area contributed by atoms with Crippen LogP contribution < -0.4 is 11.1 Å². The van der Waals surface area contributed by atoms with E-state index in [1.807, 2.05) is 0 Å². The summed E-state index contributed by atoms with van der Waals surface area (Å²) in [5.74, 6) is -4.67. The second-order valence-corrected chi connectivity index (χ2v) is 7.69. The largest absolute Gasteiger partial charge is 0.369 e. The summed E-state index contributed by atoms with van der Waals surface area (Å²) in [6, 6.07) is 5.03. The van der Waals surface area contributed by atoms with Crippen molar-refractivity contribution in [1.29, 1.82) is 0 Å². The van der Waals surface area contributed by atoms with Gasteiger partial charge in [-0.25, -0.2) is 8.42 Å². The summed E-state index contributed by atoms with van der Waals surface area (Å²) in [5.41, 5.74) is 5.06. The summed E-state index contributed by atoms with van der Waals surface area (Å²) in [6.45, 7) is 0.963. The molecule has 0 aliphatic carbocycles. The molecule has 1 fully saturated rings. The van der Waals surface area contributed by atoms with Gasteiger partial charge in [0.1, 0.15) is 0 Å². The molecule has 7 nitrogen and oxygen atoms in total. The Hall–Kier alpha value is -2.07. The summed E-state index contributed by atoms with van der Waals surface area (Å²) in [5, 5.41) is 2.37. The number of rotatable bonds is 6. The maximum absolute atomic E-state index is 12.7. The van der Waals surface area contributed by atoms with E-state index < -0.39 is 26.4 Å². The second-order valence-electron chi connectivity index (χ2n) is 5.80. The number of amides is 2. The monoisotopic (exact) mass is 375 g/mol. The van der Waals surface area contributed by atoms with Crippen LogP contribution in [0, 0.1) is 5.92 Å². The molecule has 1 saturated heterocycles. The number of halogens is 2. The van der Waals surface area contributed by atoms with E-state index >= 15 is 0 Å². The minimum absolute atomic E-state index is 0.0332. The number of carbonyl (C=O) groups excluding carboxylic acids is 2. The molecule has 0 bridgehead atoms. The number of nitrogens with two attached hydrogens (primary N) is 1. The van der Waals surface area contributed by atoms with Crippen LogP contribution in [0.15, 0.2) is 29.2 Å². The van der Waals surface area contributed by atoms with E-state index in [9.17, 15) is 26.8 Å². The Balaban J connectivity index is 2.02. The summed E-state index contributed by atoms with van der Waals surface area (Å²) in [6.07, 6.45) is 1.08. The Morgan fingerprint density at radius 3 is 2.40 bits per heavy atom. The van der Waals surface area contributed by atoms with Gasteiger partial charge in [-0.2, -0.15) is 8.78 Å². The van der Waals surface area contributed by atoms with Crippen LogP contribution in [0.3, 0.4) is 0 Å². The molecule has 1 aliphatic heterocycles. The van der Waals surface area contributed by atoms with Gasteiger partial charge in [-0.1, -0.05) is 12.1 Å². The Labute approximate surface area is 144 Å². The topological polar surface area (TPSA) is 110 Å². The van der Waals surface area contributed by atoms with Gasteiger partial charge in [0.2, 0.25) is 21.7 Å². The summed E-state index contributed by atoms with van der Waals surface area (Å²) >= 11 is 0. The number of para-hydroxylation sites is 1. The number of nitrogens with zero attached hydrogens (tertiary/aromatic N) is 1. The fourth-order valence-electron chi connectivity index (χ4n) is 2.68. The van der Waals surface area contributed by atoms with Crippen LogP contribution >= 0.6 is 0 Å². The average molecular weight is 375 g/mol. The van der Waals surface area contributed by atoms with Gasteiger partial charge in [0.25, 0.3) is 0 Å². The fourth-order valence-corrected chi connectivity index (χ4v) is 3.57. The Bertz CT molecular complexity index is 747. The number of anilines is 1. The number of piperidine rings is 1. The molecule has 1 heterocycles. The number of nitrogens with one attached hydrogen (secondary N) is 1. The number of hydrogen-bond donors (Lipinski definition) is 2. The molecule has 2 amide bonds. The SMILES string of the molecule is NC(=O)C1CCN(CC(=O)Nc2ccccc2S(=O)(=O)C(F)F)CC1. The Morgan fingerprint density at radius 2 is 1.84 bits per heavy atom. The highest BCUT2D eigenvalue weighted by molar-refractivity contribution is 7.91. The molecular weight excluding hydrogens is 356 g/mol. The lowest BCUT2D eigenvalue weighted by atomic mass is 9.96. The molecule has 10 heteroatoms. The zero-order chi connectivity index (χ0) is 18.6. The molecular formula is C15H19F2N3O4S. The molecule has 138 valence electrons. The molecule has 1 aromatic carbocycles. The van der Waals surface area contributed by atoms with E-state index in [2.05, 4.69) is 5.32 Å². The molecule has 0 spiro atoms. The quantitative estimate of drug-likeness (QED) is 0.765. The molecule has 0 unspecified atom stereocenters. The zero-order valence-corrected chi connectivity index (χ0v) is 14.1. The van der Waals surface area contributed by atoms with E-state index in [1.165, 1.54) is 18.2 Å². The van der Waals surface area contributed by atoms with Crippen molar-refractivity contribution in [2.75, 3.05) is 25.0 Å². The lowest BCUT2D eigenvalue weighted by Gasteiger charge is -2.29. The predicted molar refractivity (Wildman–Crippen MR) is 86.6 cm³/mol. The normalized spacial score (nSPS) is 16.8. The predicted octanol–water partition coefficient (Wildman–Crippen LogP) is 0.819. The van der Waals surface area contributed by atoms with Gasteiger partial charge < -0.3 is 11.1 Å². The van der Waals surface area contributed by atoms with Crippen LogP contribution in [-0.2, 0) is 19.4 Å². The lowest BCUT2D eigenvalue weighted by molar-refractivity contribution is -0.123. The first-order valence-corrected chi connectivity index (χ1v) is 9.19. The van der Waals surface area contributed by atoms with Crippen molar-refractivity contribution < 1.29 is 26.8 Å². The smallest absolute Gasteiger partial charge is 0.341 e. The molecule has 0 aromatic heterocycles. The van der Waals surface area contributed by atoms with Gasteiger partial charge in [-0.05, 0) is 38.1 Å². The van der Waals surface area contributed by atoms with Gasteiger partial charge in [0, 0.05) is 5.92 Å². The Kier molecular flexibility index (Phi) is 6.07. The van der Waals surface area contributed by atoms with E-state index in [-0.39, 0.29) is 24.1 Å². The molecule has 1 aromatic rings. The average Bonchev–Trinajstić information content (AvgIpc) is 2.55. The third-order valence-electron chi connectivity index (χ3n) is 4.06. The molecule has 25 heavy (non-hydrogen) atoms. The number of benzene rings is 1. The number of primary amides is 1. The number of carbonyl (C=O) groups is 2. The first-order valence-electron chi connectivity index (χ1n) is 7.64. The van der Waals surface area contributed by atoms with E-state index in [0.717, 1.165) is 6.07 Å². The van der Waals surface area contributed by atoms with Crippen LogP contribution in [0.25, 0.3) is 0 Å². The summed E-state index contributed by atoms with van der Waals surface area (Å²) in [4.78, 5) is 24.4. The minimum Gasteiger partial charge on any atom is -0.369 e. The van der Waals surface area contributed by atoms with Crippen molar-refractivity contribution in [3.8, 4) is 0 Å². The molecule has 1 aliphatic rings. The van der Waals surface area contributed by atoms with Crippen molar-refractivity contribution in [2.45, 2.75) is 23.5 Å². The maximum Gasteiger partial charge on any atom is 0.341 e. The fraction of sp³-hybridized carbons (Fsp3) is 0.467. The second kappa shape index (κ2) is 7.87. The van der Waals surface area contributed by atoms with Gasteiger partial charge in [-0.15, -0.1) is 0 Å². The van der Waals surface area contributed by atoms with E-state index in [0.29, 0.717) is 25.9 Å². The molecule has 0 atom stereocenters. The maximum atomic E-state index is 12.7. The van der Waals surface area contributed by atoms with Gasteiger partial charge in [0.15, 0.2) is 0 Å². The van der Waals surface area contributed by atoms with E-state index in [1.54, 1.807) is 4.90 Å². The summed E-state index contributed by atoms with van der Waals surface area (Å²) in [7, 11) is -4.82. The van der Waals surface area contributed by atoms with Gasteiger partial charge in [-0.3, -0.25) is 14.5 Å². The van der Waals surface area contributed by atoms with Gasteiger partial charge in [0.05, 0.1) is 17.1 Å². The van der Waals surface area contributed by atoms with Crippen LogP contribution in [0.4, 0.5) is 14.5 Å².